The van der Waals surface area contributed by atoms with Crippen LogP contribution in [0.3, 0.4) is 0 Å². The molecule has 8 nitrogen and oxygen atoms in total. The molecule has 0 radical (unpaired) electrons. The van der Waals surface area contributed by atoms with Gasteiger partial charge in [0.15, 0.2) is 0 Å². The highest BCUT2D eigenvalue weighted by Crippen LogP contribution is 2.49. The van der Waals surface area contributed by atoms with Crippen LogP contribution in [0.5, 0.6) is 0 Å². The second kappa shape index (κ2) is 7.26. The van der Waals surface area contributed by atoms with Gasteiger partial charge in [-0.1, -0.05) is 0 Å². The van der Waals surface area contributed by atoms with E-state index in [2.05, 4.69) is 4.98 Å². The molecule has 0 aliphatic rings. The summed E-state index contributed by atoms with van der Waals surface area (Å²) in [6.45, 7) is 3.12. The van der Waals surface area contributed by atoms with E-state index in [1.807, 2.05) is 0 Å². The van der Waals surface area contributed by atoms with Crippen molar-refractivity contribution in [2.75, 3.05) is 18.9 Å². The van der Waals surface area contributed by atoms with Gasteiger partial charge in [0.2, 0.25) is 0 Å². The molecule has 3 N–H and O–H groups in total. The number of rotatable bonds is 6. The summed E-state index contributed by atoms with van der Waals surface area (Å²) in [5.41, 5.74) is 0.950. The molecule has 0 aliphatic carbocycles. The maximum atomic E-state index is 13.0. The molecule has 2 aromatic rings. The van der Waals surface area contributed by atoms with E-state index in [9.17, 15) is 27.3 Å². The first-order valence-electron chi connectivity index (χ1n) is 7.54. The van der Waals surface area contributed by atoms with Crippen molar-refractivity contribution >= 4 is 24.3 Å². The number of nitrogens with one attached hydrogen (secondary N) is 1. The number of anilines is 1. The number of hydrogen-bond acceptors (Lipinski definition) is 6. The van der Waals surface area contributed by atoms with Crippen LogP contribution in [0.1, 0.15) is 19.4 Å². The van der Waals surface area contributed by atoms with Crippen LogP contribution in [0.25, 0.3) is 11.0 Å². The van der Waals surface area contributed by atoms with Gasteiger partial charge in [-0.3, -0.25) is 18.7 Å². The lowest BCUT2D eigenvalue weighted by Crippen LogP contribution is -2.36. The van der Waals surface area contributed by atoms with Crippen molar-refractivity contribution in [2.45, 2.75) is 26.3 Å². The van der Waals surface area contributed by atoms with Crippen molar-refractivity contribution in [2.24, 2.45) is 0 Å². The zero-order valence-electron chi connectivity index (χ0n) is 13.9. The normalized spacial score (nSPS) is 12.7. The van der Waals surface area contributed by atoms with Gasteiger partial charge in [0.25, 0.3) is 0 Å². The molecule has 0 saturated heterocycles. The van der Waals surface area contributed by atoms with Crippen LogP contribution in [0, 0.1) is 0 Å². The Hall–Kier alpha value is -2.10. The van der Waals surface area contributed by atoms with Crippen molar-refractivity contribution in [1.29, 1.82) is 0 Å². The minimum absolute atomic E-state index is 0.00745. The first-order chi connectivity index (χ1) is 12.0. The second-order valence-electron chi connectivity index (χ2n) is 5.23. The summed E-state index contributed by atoms with van der Waals surface area (Å²) in [5, 5.41) is 0. The standard InChI is InChI=1S/C14H17F3N3O5P/c1-3-24-26(23,25-4-2)7-20-11-6-9(18)8(14(15,16)17)5-10(11)19-12(21)13(20)22/h5-6H,3-4,7,18H2,1-2H3,(H,19,21). The van der Waals surface area contributed by atoms with Gasteiger partial charge in [0, 0.05) is 5.69 Å². The Balaban J connectivity index is 2.75. The largest absolute Gasteiger partial charge is 0.418 e. The fraction of sp³-hybridized carbons (Fsp3) is 0.429. The molecular weight excluding hydrogens is 378 g/mol. The monoisotopic (exact) mass is 395 g/mol. The van der Waals surface area contributed by atoms with Crippen molar-refractivity contribution in [3.05, 3.63) is 38.4 Å². The second-order valence-corrected chi connectivity index (χ2v) is 7.25. The van der Waals surface area contributed by atoms with Gasteiger partial charge in [0.05, 0.1) is 29.8 Å². The molecule has 1 aromatic carbocycles. The lowest BCUT2D eigenvalue weighted by Gasteiger charge is -2.19. The summed E-state index contributed by atoms with van der Waals surface area (Å²) in [4.78, 5) is 26.1. The number of nitrogens with zero attached hydrogens (tertiary/aromatic N) is 1. The topological polar surface area (TPSA) is 116 Å². The van der Waals surface area contributed by atoms with Crippen LogP contribution in [0.2, 0.25) is 0 Å². The average molecular weight is 395 g/mol. The predicted molar refractivity (Wildman–Crippen MR) is 89.1 cm³/mol. The molecule has 26 heavy (non-hydrogen) atoms. The Morgan fingerprint density at radius 2 is 1.77 bits per heavy atom. The molecule has 1 aromatic heterocycles. The molecule has 144 valence electrons. The van der Waals surface area contributed by atoms with E-state index in [4.69, 9.17) is 14.8 Å². The smallest absolute Gasteiger partial charge is 0.398 e. The maximum absolute atomic E-state index is 13.0. The van der Waals surface area contributed by atoms with Crippen LogP contribution in [0.4, 0.5) is 18.9 Å². The molecular formula is C14H17F3N3O5P. The van der Waals surface area contributed by atoms with Gasteiger partial charge in [-0.2, -0.15) is 13.2 Å². The van der Waals surface area contributed by atoms with Gasteiger partial charge in [0.1, 0.15) is 6.29 Å². The Labute approximate surface area is 145 Å². The Morgan fingerprint density at radius 1 is 1.19 bits per heavy atom. The summed E-state index contributed by atoms with van der Waals surface area (Å²) >= 11 is 0. The molecule has 1 heterocycles. The van der Waals surface area contributed by atoms with Crippen LogP contribution in [0.15, 0.2) is 21.7 Å². The van der Waals surface area contributed by atoms with Crippen LogP contribution >= 0.6 is 7.60 Å². The Kier molecular flexibility index (Phi) is 5.64. The first kappa shape index (κ1) is 20.2. The van der Waals surface area contributed by atoms with Gasteiger partial charge in [-0.15, -0.1) is 0 Å². The summed E-state index contributed by atoms with van der Waals surface area (Å²) < 4.78 is 62.6. The molecule has 0 amide bonds. The molecule has 0 unspecified atom stereocenters. The first-order valence-corrected chi connectivity index (χ1v) is 9.27. The minimum Gasteiger partial charge on any atom is -0.398 e. The molecule has 0 spiro atoms. The van der Waals surface area contributed by atoms with Gasteiger partial charge < -0.3 is 19.8 Å². The van der Waals surface area contributed by atoms with E-state index >= 15 is 0 Å². The molecule has 0 fully saturated rings. The Morgan fingerprint density at radius 3 is 2.27 bits per heavy atom. The van der Waals surface area contributed by atoms with Gasteiger partial charge in [-0.25, -0.2) is 0 Å². The summed E-state index contributed by atoms with van der Waals surface area (Å²) in [6.07, 6.45) is -5.39. The molecule has 0 atom stereocenters. The summed E-state index contributed by atoms with van der Waals surface area (Å²) in [5.74, 6) is 0. The van der Waals surface area contributed by atoms with Crippen molar-refractivity contribution < 1.29 is 26.8 Å². The third-order valence-corrected chi connectivity index (χ3v) is 5.35. The number of alkyl halides is 3. The third kappa shape index (κ3) is 4.00. The summed E-state index contributed by atoms with van der Waals surface area (Å²) in [6, 6.07) is 1.51. The minimum atomic E-state index is -4.75. The number of aromatic amines is 1. The quantitative estimate of drug-likeness (QED) is 0.441. The van der Waals surface area contributed by atoms with E-state index in [1.165, 1.54) is 0 Å². The molecule has 0 saturated carbocycles. The third-order valence-electron chi connectivity index (χ3n) is 3.42. The number of hydrogen-bond donors (Lipinski definition) is 2. The van der Waals surface area contributed by atoms with Gasteiger partial charge >= 0.3 is 24.9 Å². The van der Waals surface area contributed by atoms with E-state index in [0.717, 1.165) is 10.6 Å². The zero-order chi connectivity index (χ0) is 19.7. The molecule has 0 bridgehead atoms. The van der Waals surface area contributed by atoms with Crippen molar-refractivity contribution in [1.82, 2.24) is 9.55 Å². The van der Waals surface area contributed by atoms with E-state index in [1.54, 1.807) is 13.8 Å². The summed E-state index contributed by atoms with van der Waals surface area (Å²) in [7, 11) is -3.80. The fourth-order valence-corrected chi connectivity index (χ4v) is 4.06. The number of nitrogen functional groups attached to an aromatic ring is 1. The highest BCUT2D eigenvalue weighted by atomic mass is 31.2. The van der Waals surface area contributed by atoms with E-state index in [-0.39, 0.29) is 24.2 Å². The van der Waals surface area contributed by atoms with Crippen molar-refractivity contribution in [3.8, 4) is 0 Å². The van der Waals surface area contributed by atoms with E-state index in [0.29, 0.717) is 6.07 Å². The molecule has 2 rings (SSSR count). The predicted octanol–water partition coefficient (Wildman–Crippen LogP) is 2.51. The number of aromatic nitrogens is 2. The Bertz CT molecular complexity index is 973. The number of halogens is 3. The maximum Gasteiger partial charge on any atom is 0.418 e. The van der Waals surface area contributed by atoms with Crippen LogP contribution in [-0.4, -0.2) is 22.8 Å². The number of nitrogens with two attached hydrogens (primary N) is 1. The highest BCUT2D eigenvalue weighted by molar-refractivity contribution is 7.52. The van der Waals surface area contributed by atoms with Gasteiger partial charge in [-0.05, 0) is 26.0 Å². The van der Waals surface area contributed by atoms with Crippen LogP contribution in [-0.2, 0) is 26.1 Å². The number of fused-ring (bicyclic) bond motifs is 1. The number of H-pyrrole nitrogens is 1. The van der Waals surface area contributed by atoms with Crippen molar-refractivity contribution in [3.63, 3.8) is 0 Å². The van der Waals surface area contributed by atoms with E-state index < -0.39 is 42.4 Å². The SMILES string of the molecule is CCOP(=O)(Cn1c(=O)c(=O)[nH]c2cc(C(F)(F)F)c(N)cc21)OCC. The average Bonchev–Trinajstić information content (AvgIpc) is 2.51. The highest BCUT2D eigenvalue weighted by Gasteiger charge is 2.34. The zero-order valence-corrected chi connectivity index (χ0v) is 14.8. The lowest BCUT2D eigenvalue weighted by molar-refractivity contribution is -0.136. The molecule has 12 heteroatoms. The number of benzene rings is 1. The van der Waals surface area contributed by atoms with Crippen LogP contribution < -0.4 is 16.9 Å². The molecule has 0 aliphatic heterocycles. The lowest BCUT2D eigenvalue weighted by atomic mass is 10.1. The fourth-order valence-electron chi connectivity index (χ4n) is 2.41.